The summed E-state index contributed by atoms with van der Waals surface area (Å²) in [7, 11) is 0. The Hall–Kier alpha value is -2.24. The summed E-state index contributed by atoms with van der Waals surface area (Å²) in [6.45, 7) is 7.02. The van der Waals surface area contributed by atoms with E-state index in [-0.39, 0.29) is 17.9 Å². The van der Waals surface area contributed by atoms with Gasteiger partial charge < -0.3 is 19.3 Å². The first kappa shape index (κ1) is 16.6. The molecule has 0 aliphatic carbocycles. The molecule has 0 amide bonds. The van der Waals surface area contributed by atoms with Crippen LogP contribution in [-0.2, 0) is 11.3 Å². The minimum absolute atomic E-state index is 0.0748. The minimum Gasteiger partial charge on any atom is -0.396 e. The number of hydrogen-bond donors (Lipinski definition) is 1. The van der Waals surface area contributed by atoms with Crippen LogP contribution in [-0.4, -0.2) is 57.5 Å². The largest absolute Gasteiger partial charge is 0.396 e. The molecular weight excluding hydrogens is 308 g/mol. The van der Waals surface area contributed by atoms with Crippen molar-refractivity contribution in [3.8, 4) is 6.07 Å². The van der Waals surface area contributed by atoms with E-state index in [1.54, 1.807) is 6.33 Å². The zero-order chi connectivity index (χ0) is 17.2. The van der Waals surface area contributed by atoms with Crippen LogP contribution in [0.2, 0.25) is 0 Å². The summed E-state index contributed by atoms with van der Waals surface area (Å²) < 4.78 is 7.21. The quantitative estimate of drug-likeness (QED) is 0.802. The number of rotatable bonds is 7. The van der Waals surface area contributed by atoms with Crippen LogP contribution in [0.15, 0.2) is 12.7 Å². The van der Waals surface area contributed by atoms with Crippen LogP contribution in [0.4, 0.5) is 5.82 Å². The number of anilines is 1. The lowest BCUT2D eigenvalue weighted by molar-refractivity contribution is -0.144. The Labute approximate surface area is 140 Å². The number of nitriles is 1. The van der Waals surface area contributed by atoms with Crippen molar-refractivity contribution in [3.63, 3.8) is 0 Å². The smallest absolute Gasteiger partial charge is 0.165 e. The van der Waals surface area contributed by atoms with Gasteiger partial charge in [-0.3, -0.25) is 0 Å². The van der Waals surface area contributed by atoms with Gasteiger partial charge >= 0.3 is 0 Å². The van der Waals surface area contributed by atoms with E-state index < -0.39 is 0 Å². The molecule has 3 heterocycles. The number of aliphatic hydroxyl groups excluding tert-OH is 1. The molecule has 8 heteroatoms. The maximum Gasteiger partial charge on any atom is 0.165 e. The third-order valence-corrected chi connectivity index (χ3v) is 4.44. The maximum absolute atomic E-state index is 9.63. The summed E-state index contributed by atoms with van der Waals surface area (Å²) in [4.78, 5) is 15.3. The molecule has 1 unspecified atom stereocenters. The molecule has 1 saturated heterocycles. The van der Waals surface area contributed by atoms with Crippen LogP contribution in [0, 0.1) is 22.7 Å². The summed E-state index contributed by atoms with van der Waals surface area (Å²) in [5.41, 5.74) is 1.21. The minimum atomic E-state index is -0.251. The van der Waals surface area contributed by atoms with Crippen molar-refractivity contribution in [2.24, 2.45) is 11.3 Å². The van der Waals surface area contributed by atoms with Crippen LogP contribution in [0.1, 0.15) is 13.8 Å². The highest BCUT2D eigenvalue weighted by Crippen LogP contribution is 2.31. The molecule has 0 saturated carbocycles. The van der Waals surface area contributed by atoms with E-state index in [0.717, 1.165) is 23.5 Å². The van der Waals surface area contributed by atoms with E-state index in [9.17, 15) is 5.11 Å². The zero-order valence-electron chi connectivity index (χ0n) is 14.0. The number of ether oxygens (including phenoxy) is 1. The Bertz CT molecular complexity index is 743. The molecule has 24 heavy (non-hydrogen) atoms. The molecule has 1 fully saturated rings. The van der Waals surface area contributed by atoms with Crippen molar-refractivity contribution in [2.75, 3.05) is 37.8 Å². The molecule has 0 aromatic carbocycles. The molecule has 128 valence electrons. The van der Waals surface area contributed by atoms with Gasteiger partial charge in [-0.05, 0) is 13.8 Å². The topological polar surface area (TPSA) is 100 Å². The van der Waals surface area contributed by atoms with Gasteiger partial charge in [-0.15, -0.1) is 0 Å². The van der Waals surface area contributed by atoms with Gasteiger partial charge in [0.05, 0.1) is 43.6 Å². The average molecular weight is 330 g/mol. The predicted molar refractivity (Wildman–Crippen MR) is 88.3 cm³/mol. The highest BCUT2D eigenvalue weighted by Gasteiger charge is 2.39. The van der Waals surface area contributed by atoms with E-state index in [1.807, 2.05) is 23.3 Å². The summed E-state index contributed by atoms with van der Waals surface area (Å²) in [5, 5.41) is 18.7. The second kappa shape index (κ2) is 6.71. The summed E-state index contributed by atoms with van der Waals surface area (Å²) in [5.74, 6) is 0.646. The first-order valence-electron chi connectivity index (χ1n) is 8.11. The Kier molecular flexibility index (Phi) is 4.64. The number of aromatic nitrogens is 4. The van der Waals surface area contributed by atoms with Crippen molar-refractivity contribution < 1.29 is 9.84 Å². The fourth-order valence-corrected chi connectivity index (χ4v) is 2.94. The third kappa shape index (κ3) is 2.92. The highest BCUT2D eigenvalue weighted by molar-refractivity contribution is 5.83. The Morgan fingerprint density at radius 1 is 1.46 bits per heavy atom. The monoisotopic (exact) mass is 330 g/mol. The number of imidazole rings is 1. The molecule has 2 aromatic rings. The van der Waals surface area contributed by atoms with Crippen molar-refractivity contribution in [1.82, 2.24) is 19.5 Å². The second-order valence-corrected chi connectivity index (χ2v) is 6.46. The lowest BCUT2D eigenvalue weighted by Gasteiger charge is -2.39. The van der Waals surface area contributed by atoms with Crippen LogP contribution >= 0.6 is 0 Å². The van der Waals surface area contributed by atoms with Crippen molar-refractivity contribution in [2.45, 2.75) is 20.4 Å². The summed E-state index contributed by atoms with van der Waals surface area (Å²) in [6, 6.07) is 2.25. The SMILES string of the molecule is CCN(CC(C)C#N)c1ncnc2c1ncn2CC1(CO)COC1. The maximum atomic E-state index is 9.63. The predicted octanol–water partition coefficient (Wildman–Crippen LogP) is 0.821. The first-order valence-corrected chi connectivity index (χ1v) is 8.11. The van der Waals surface area contributed by atoms with Crippen molar-refractivity contribution in [3.05, 3.63) is 12.7 Å². The lowest BCUT2D eigenvalue weighted by atomic mass is 9.87. The normalized spacial score (nSPS) is 17.2. The van der Waals surface area contributed by atoms with E-state index in [1.165, 1.54) is 6.33 Å². The van der Waals surface area contributed by atoms with E-state index in [2.05, 4.69) is 21.0 Å². The molecule has 0 radical (unpaired) electrons. The molecule has 0 spiro atoms. The van der Waals surface area contributed by atoms with E-state index >= 15 is 0 Å². The van der Waals surface area contributed by atoms with Crippen LogP contribution in [0.3, 0.4) is 0 Å². The number of hydrogen-bond acceptors (Lipinski definition) is 7. The molecule has 1 atom stereocenters. The number of fused-ring (bicyclic) bond motifs is 1. The second-order valence-electron chi connectivity index (χ2n) is 6.46. The molecule has 2 aromatic heterocycles. The summed E-state index contributed by atoms with van der Waals surface area (Å²) in [6.07, 6.45) is 3.26. The van der Waals surface area contributed by atoms with Gasteiger partial charge in [0.1, 0.15) is 6.33 Å². The van der Waals surface area contributed by atoms with Gasteiger partial charge in [0, 0.05) is 19.6 Å². The van der Waals surface area contributed by atoms with Crippen LogP contribution in [0.25, 0.3) is 11.2 Å². The van der Waals surface area contributed by atoms with Crippen LogP contribution < -0.4 is 4.90 Å². The molecule has 0 bridgehead atoms. The van der Waals surface area contributed by atoms with E-state index in [0.29, 0.717) is 26.3 Å². The van der Waals surface area contributed by atoms with Gasteiger partial charge in [-0.25, -0.2) is 15.0 Å². The Morgan fingerprint density at radius 3 is 2.83 bits per heavy atom. The zero-order valence-corrected chi connectivity index (χ0v) is 14.0. The Balaban J connectivity index is 1.92. The molecule has 3 rings (SSSR count). The Morgan fingerprint density at radius 2 is 2.25 bits per heavy atom. The van der Waals surface area contributed by atoms with Gasteiger partial charge in [-0.1, -0.05) is 0 Å². The molecular formula is C16H22N6O2. The van der Waals surface area contributed by atoms with Crippen LogP contribution in [0.5, 0.6) is 0 Å². The fourth-order valence-electron chi connectivity index (χ4n) is 2.94. The summed E-state index contributed by atoms with van der Waals surface area (Å²) >= 11 is 0. The van der Waals surface area contributed by atoms with Gasteiger partial charge in [0.25, 0.3) is 0 Å². The number of aliphatic hydroxyl groups is 1. The molecule has 8 nitrogen and oxygen atoms in total. The van der Waals surface area contributed by atoms with Crippen molar-refractivity contribution >= 4 is 17.0 Å². The third-order valence-electron chi connectivity index (χ3n) is 4.44. The fraction of sp³-hybridized carbons (Fsp3) is 0.625. The molecule has 1 aliphatic rings. The standard InChI is InChI=1S/C16H22N6O2/c1-3-21(5-12(2)4-17)14-13-15(19-10-18-14)22(11-20-13)6-16(7-23)8-24-9-16/h10-12,23H,3,5-9H2,1-2H3. The first-order chi connectivity index (χ1) is 11.6. The average Bonchev–Trinajstić information content (AvgIpc) is 2.98. The van der Waals surface area contributed by atoms with Gasteiger partial charge in [-0.2, -0.15) is 5.26 Å². The van der Waals surface area contributed by atoms with Gasteiger partial charge in [0.15, 0.2) is 17.0 Å². The van der Waals surface area contributed by atoms with Crippen molar-refractivity contribution in [1.29, 1.82) is 5.26 Å². The van der Waals surface area contributed by atoms with Gasteiger partial charge in [0.2, 0.25) is 0 Å². The lowest BCUT2D eigenvalue weighted by Crippen LogP contribution is -2.48. The van der Waals surface area contributed by atoms with E-state index in [4.69, 9.17) is 10.00 Å². The molecule has 1 N–H and O–H groups in total. The highest BCUT2D eigenvalue weighted by atomic mass is 16.5. The molecule has 1 aliphatic heterocycles. The number of nitrogens with zero attached hydrogens (tertiary/aromatic N) is 6.